The quantitative estimate of drug-likeness (QED) is 0.521. The number of pyridine rings is 1. The minimum Gasteiger partial charge on any atom is -0.367 e. The van der Waals surface area contributed by atoms with Crippen LogP contribution in [-0.4, -0.2) is 58.8 Å². The molecule has 5 rings (SSSR count). The number of piperazine rings is 1. The topological polar surface area (TPSA) is 66.3 Å². The summed E-state index contributed by atoms with van der Waals surface area (Å²) >= 11 is 0. The summed E-state index contributed by atoms with van der Waals surface area (Å²) in [4.78, 5) is 23.1. The first-order chi connectivity index (χ1) is 16.0. The first-order valence-electron chi connectivity index (χ1n) is 11.2. The molecule has 0 unspecified atom stereocenters. The molecule has 1 aliphatic rings. The fraction of sp³-hybridized carbons (Fsp3) is 0.269. The number of amides is 1. The van der Waals surface area contributed by atoms with Gasteiger partial charge in [-0.3, -0.25) is 9.48 Å². The highest BCUT2D eigenvalue weighted by Crippen LogP contribution is 2.30. The van der Waals surface area contributed by atoms with Gasteiger partial charge in [-0.1, -0.05) is 42.5 Å². The molecule has 1 amide bonds. The van der Waals surface area contributed by atoms with Crippen LogP contribution < -0.4 is 10.2 Å². The van der Waals surface area contributed by atoms with Gasteiger partial charge in [-0.15, -0.1) is 0 Å². The minimum absolute atomic E-state index is 0.155. The maximum atomic E-state index is 13.7. The highest BCUT2D eigenvalue weighted by atomic mass is 16.1. The van der Waals surface area contributed by atoms with Crippen LogP contribution in [0.1, 0.15) is 16.1 Å². The second kappa shape index (κ2) is 8.67. The molecule has 0 bridgehead atoms. The van der Waals surface area contributed by atoms with E-state index >= 15 is 0 Å². The summed E-state index contributed by atoms with van der Waals surface area (Å²) in [5.74, 6) is -0.155. The van der Waals surface area contributed by atoms with Gasteiger partial charge in [0.05, 0.1) is 33.7 Å². The lowest BCUT2D eigenvalue weighted by atomic mass is 10.0. The van der Waals surface area contributed by atoms with Gasteiger partial charge in [-0.25, -0.2) is 4.98 Å². The van der Waals surface area contributed by atoms with Crippen LogP contribution in [0.25, 0.3) is 22.3 Å². The molecule has 0 saturated carbocycles. The summed E-state index contributed by atoms with van der Waals surface area (Å²) < 4.78 is 1.74. The third kappa shape index (κ3) is 4.07. The van der Waals surface area contributed by atoms with Crippen molar-refractivity contribution in [2.24, 2.45) is 7.05 Å². The van der Waals surface area contributed by atoms with Crippen molar-refractivity contribution in [3.63, 3.8) is 0 Å². The molecule has 1 saturated heterocycles. The number of nitrogens with one attached hydrogen (secondary N) is 1. The first kappa shape index (κ1) is 21.2. The summed E-state index contributed by atoms with van der Waals surface area (Å²) in [6.45, 7) is 5.79. The number of para-hydroxylation sites is 2. The molecule has 0 atom stereocenters. The molecule has 168 valence electrons. The van der Waals surface area contributed by atoms with Crippen molar-refractivity contribution >= 4 is 28.3 Å². The van der Waals surface area contributed by atoms with Crippen molar-refractivity contribution in [3.05, 3.63) is 71.9 Å². The molecular formula is C26H28N6O. The van der Waals surface area contributed by atoms with Crippen molar-refractivity contribution in [2.75, 3.05) is 43.4 Å². The Bertz CT molecular complexity index is 1310. The maximum absolute atomic E-state index is 13.7. The molecule has 1 fully saturated rings. The van der Waals surface area contributed by atoms with Crippen LogP contribution in [0.3, 0.4) is 0 Å². The Labute approximate surface area is 193 Å². The lowest BCUT2D eigenvalue weighted by molar-refractivity contribution is 0.102. The molecular weight excluding hydrogens is 412 g/mol. The number of aryl methyl sites for hydroxylation is 2. The first-order valence-corrected chi connectivity index (χ1v) is 11.2. The molecule has 1 aliphatic heterocycles. The Morgan fingerprint density at radius 2 is 1.64 bits per heavy atom. The van der Waals surface area contributed by atoms with Gasteiger partial charge < -0.3 is 15.1 Å². The van der Waals surface area contributed by atoms with Gasteiger partial charge in [0.25, 0.3) is 5.91 Å². The molecule has 0 aliphatic carbocycles. The van der Waals surface area contributed by atoms with Gasteiger partial charge in [-0.2, -0.15) is 5.10 Å². The number of benzene rings is 2. The zero-order valence-corrected chi connectivity index (χ0v) is 19.2. The highest BCUT2D eigenvalue weighted by molar-refractivity contribution is 6.14. The number of anilines is 2. The zero-order chi connectivity index (χ0) is 22.9. The van der Waals surface area contributed by atoms with Gasteiger partial charge in [0.2, 0.25) is 0 Å². The maximum Gasteiger partial charge on any atom is 0.256 e. The minimum atomic E-state index is -0.155. The van der Waals surface area contributed by atoms with Crippen molar-refractivity contribution < 1.29 is 4.79 Å². The molecule has 7 heteroatoms. The van der Waals surface area contributed by atoms with Crippen LogP contribution in [-0.2, 0) is 7.05 Å². The van der Waals surface area contributed by atoms with E-state index in [1.807, 2.05) is 68.6 Å². The van der Waals surface area contributed by atoms with E-state index in [4.69, 9.17) is 4.98 Å². The number of hydrogen-bond acceptors (Lipinski definition) is 5. The third-order valence-corrected chi connectivity index (χ3v) is 6.28. The fourth-order valence-corrected chi connectivity index (χ4v) is 4.47. The van der Waals surface area contributed by atoms with E-state index in [1.54, 1.807) is 4.68 Å². The van der Waals surface area contributed by atoms with Gasteiger partial charge in [0.1, 0.15) is 0 Å². The number of aromatic nitrogens is 3. The normalized spacial score (nSPS) is 14.6. The van der Waals surface area contributed by atoms with Crippen LogP contribution in [0, 0.1) is 6.92 Å². The zero-order valence-electron chi connectivity index (χ0n) is 19.2. The van der Waals surface area contributed by atoms with E-state index in [-0.39, 0.29) is 5.91 Å². The summed E-state index contributed by atoms with van der Waals surface area (Å²) in [6, 6.07) is 19.8. The van der Waals surface area contributed by atoms with Gasteiger partial charge in [0, 0.05) is 38.8 Å². The van der Waals surface area contributed by atoms with E-state index in [1.165, 1.54) is 0 Å². The van der Waals surface area contributed by atoms with Crippen LogP contribution in [0.2, 0.25) is 0 Å². The summed E-state index contributed by atoms with van der Waals surface area (Å²) in [5, 5.41) is 8.50. The molecule has 7 nitrogen and oxygen atoms in total. The predicted molar refractivity (Wildman–Crippen MR) is 133 cm³/mol. The van der Waals surface area contributed by atoms with Gasteiger partial charge >= 0.3 is 0 Å². The molecule has 1 N–H and O–H groups in total. The summed E-state index contributed by atoms with van der Waals surface area (Å²) in [5.41, 5.74) is 5.66. The molecule has 2 aromatic carbocycles. The van der Waals surface area contributed by atoms with Crippen LogP contribution >= 0.6 is 0 Å². The second-order valence-corrected chi connectivity index (χ2v) is 8.59. The summed E-state index contributed by atoms with van der Waals surface area (Å²) in [6.07, 6.45) is 0. The van der Waals surface area contributed by atoms with Crippen molar-refractivity contribution in [2.45, 2.75) is 6.92 Å². The third-order valence-electron chi connectivity index (χ3n) is 6.28. The molecule has 33 heavy (non-hydrogen) atoms. The monoisotopic (exact) mass is 440 g/mol. The van der Waals surface area contributed by atoms with Crippen LogP contribution in [0.4, 0.5) is 11.4 Å². The average Bonchev–Trinajstić information content (AvgIpc) is 3.13. The Morgan fingerprint density at radius 1 is 0.939 bits per heavy atom. The van der Waals surface area contributed by atoms with Gasteiger partial charge in [0.15, 0.2) is 5.65 Å². The van der Waals surface area contributed by atoms with Crippen molar-refractivity contribution in [1.29, 1.82) is 0 Å². The number of likely N-dealkylation sites (N-methyl/N-ethyl adjacent to an activating group) is 1. The number of carbonyl (C=O) groups is 1. The van der Waals surface area contributed by atoms with E-state index < -0.39 is 0 Å². The number of nitrogens with zero attached hydrogens (tertiary/aromatic N) is 5. The SMILES string of the molecule is Cc1nn(C)c2nc(-c3ccccc3)cc(C(=O)Nc3ccccc3N3CCN(C)CC3)c12. The lowest BCUT2D eigenvalue weighted by Gasteiger charge is -2.35. The Balaban J connectivity index is 1.55. The lowest BCUT2D eigenvalue weighted by Crippen LogP contribution is -2.44. The van der Waals surface area contributed by atoms with E-state index in [2.05, 4.69) is 33.3 Å². The predicted octanol–water partition coefficient (Wildman–Crippen LogP) is 3.95. The number of fused-ring (bicyclic) bond motifs is 1. The van der Waals surface area contributed by atoms with Gasteiger partial charge in [-0.05, 0) is 32.2 Å². The fourth-order valence-electron chi connectivity index (χ4n) is 4.47. The van der Waals surface area contributed by atoms with Crippen LogP contribution in [0.5, 0.6) is 0 Å². The molecule has 4 aromatic rings. The van der Waals surface area contributed by atoms with E-state index in [9.17, 15) is 4.79 Å². The smallest absolute Gasteiger partial charge is 0.256 e. The number of hydrogen-bond donors (Lipinski definition) is 1. The number of carbonyl (C=O) groups excluding carboxylic acids is 1. The second-order valence-electron chi connectivity index (χ2n) is 8.59. The van der Waals surface area contributed by atoms with E-state index in [0.717, 1.165) is 59.9 Å². The largest absolute Gasteiger partial charge is 0.367 e. The van der Waals surface area contributed by atoms with Crippen molar-refractivity contribution in [1.82, 2.24) is 19.7 Å². The number of rotatable bonds is 4. The highest BCUT2D eigenvalue weighted by Gasteiger charge is 2.22. The molecule has 0 radical (unpaired) electrons. The standard InChI is InChI=1S/C26H28N6O/c1-18-24-20(17-22(19-9-5-4-6-10-19)27-25(24)31(3)29-18)26(33)28-21-11-7-8-12-23(21)32-15-13-30(2)14-16-32/h4-12,17H,13-16H2,1-3H3,(H,28,33). The van der Waals surface area contributed by atoms with E-state index in [0.29, 0.717) is 11.2 Å². The van der Waals surface area contributed by atoms with Crippen LogP contribution in [0.15, 0.2) is 60.7 Å². The van der Waals surface area contributed by atoms with Crippen molar-refractivity contribution in [3.8, 4) is 11.3 Å². The summed E-state index contributed by atoms with van der Waals surface area (Å²) in [7, 11) is 4.00. The Hall–Kier alpha value is -3.71. The molecule has 0 spiro atoms. The Kier molecular flexibility index (Phi) is 5.56. The molecule has 2 aromatic heterocycles. The molecule has 3 heterocycles. The average molecular weight is 441 g/mol. The Morgan fingerprint density at radius 3 is 2.39 bits per heavy atom.